The molecule has 66 heavy (non-hydrogen) atoms. The van der Waals surface area contributed by atoms with Crippen LogP contribution in [0.3, 0.4) is 0 Å². The van der Waals surface area contributed by atoms with E-state index in [4.69, 9.17) is 14.2 Å². The largest absolute Gasteiger partial charge is 0.462 e. The molecule has 0 fully saturated rings. The topological polar surface area (TPSA) is 61.8 Å². The molecule has 0 aliphatic carbocycles. The Kier molecular flexibility index (Phi) is 51.1. The quantitative estimate of drug-likeness (QED) is 0.0346. The Morgan fingerprint density at radius 2 is 0.652 bits per heavy atom. The Bertz CT molecular complexity index is 1490. The van der Waals surface area contributed by atoms with E-state index in [0.717, 1.165) is 128 Å². The highest BCUT2D eigenvalue weighted by Crippen LogP contribution is 2.10. The van der Waals surface area contributed by atoms with Crippen LogP contribution in [0.4, 0.5) is 0 Å². The molecule has 0 aliphatic heterocycles. The van der Waals surface area contributed by atoms with Crippen molar-refractivity contribution >= 4 is 11.9 Å². The van der Waals surface area contributed by atoms with Crippen LogP contribution in [-0.2, 0) is 23.8 Å². The lowest BCUT2D eigenvalue weighted by Crippen LogP contribution is -2.30. The van der Waals surface area contributed by atoms with Crippen LogP contribution in [0.5, 0.6) is 0 Å². The molecular formula is C61H94O5. The predicted octanol–water partition coefficient (Wildman–Crippen LogP) is 17.9. The minimum absolute atomic E-state index is 0.0193. The zero-order chi connectivity index (χ0) is 47.7. The van der Waals surface area contributed by atoms with Crippen molar-refractivity contribution in [3.63, 3.8) is 0 Å². The minimum atomic E-state index is -0.604. The van der Waals surface area contributed by atoms with Crippen LogP contribution >= 0.6 is 0 Å². The average Bonchev–Trinajstić information content (AvgIpc) is 3.32. The smallest absolute Gasteiger partial charge is 0.306 e. The fourth-order valence-corrected chi connectivity index (χ4v) is 6.29. The van der Waals surface area contributed by atoms with Gasteiger partial charge in [0.15, 0.2) is 6.10 Å². The second-order valence-electron chi connectivity index (χ2n) is 16.3. The predicted molar refractivity (Wildman–Crippen MR) is 288 cm³/mol. The van der Waals surface area contributed by atoms with Crippen LogP contribution in [0.15, 0.2) is 158 Å². The van der Waals surface area contributed by atoms with Crippen LogP contribution in [0, 0.1) is 0 Å². The fraction of sp³-hybridized carbons (Fsp3) is 0.541. The zero-order valence-electron chi connectivity index (χ0n) is 42.1. The number of hydrogen-bond donors (Lipinski definition) is 0. The molecule has 0 aromatic heterocycles. The SMILES string of the molecule is CC/C=C\C/C=C\C/C=C\C/C=C\C/C=C\CCCC(=O)OCC(COCCCCCCC/C=C\C/C=C\C/C=C\C/C=C\CC)OC(=O)CCCC/C=C\C/C=C\C/C=C\C/C=C\CC. The number of allylic oxidation sites excluding steroid dienone is 26. The lowest BCUT2D eigenvalue weighted by Gasteiger charge is -2.18. The molecule has 0 aromatic rings. The summed E-state index contributed by atoms with van der Waals surface area (Å²) in [4.78, 5) is 25.4. The van der Waals surface area contributed by atoms with E-state index in [2.05, 4.69) is 179 Å². The normalized spacial score (nSPS) is 13.6. The maximum absolute atomic E-state index is 12.8. The lowest BCUT2D eigenvalue weighted by molar-refractivity contribution is -0.162. The van der Waals surface area contributed by atoms with E-state index < -0.39 is 6.10 Å². The molecule has 0 amide bonds. The summed E-state index contributed by atoms with van der Waals surface area (Å²) in [7, 11) is 0. The van der Waals surface area contributed by atoms with E-state index in [1.165, 1.54) is 19.3 Å². The third kappa shape index (κ3) is 52.1. The Balaban J connectivity index is 4.51. The molecule has 0 saturated heterocycles. The molecule has 0 aromatic carbocycles. The van der Waals surface area contributed by atoms with E-state index in [1.807, 2.05) is 0 Å². The summed E-state index contributed by atoms with van der Waals surface area (Å²) in [6.07, 6.45) is 81.2. The number of carbonyl (C=O) groups excluding carboxylic acids is 2. The van der Waals surface area contributed by atoms with Gasteiger partial charge in [0.1, 0.15) is 6.61 Å². The van der Waals surface area contributed by atoms with Crippen LogP contribution < -0.4 is 0 Å². The van der Waals surface area contributed by atoms with Gasteiger partial charge in [0.2, 0.25) is 0 Å². The van der Waals surface area contributed by atoms with Crippen molar-refractivity contribution in [2.75, 3.05) is 19.8 Å². The first-order chi connectivity index (χ1) is 32.6. The summed E-state index contributed by atoms with van der Waals surface area (Å²) in [6, 6.07) is 0. The summed E-state index contributed by atoms with van der Waals surface area (Å²) in [5.41, 5.74) is 0. The van der Waals surface area contributed by atoms with Gasteiger partial charge in [0.05, 0.1) is 6.61 Å². The maximum atomic E-state index is 12.8. The first-order valence-electron chi connectivity index (χ1n) is 26.0. The first-order valence-corrected chi connectivity index (χ1v) is 26.0. The minimum Gasteiger partial charge on any atom is -0.462 e. The van der Waals surface area contributed by atoms with Crippen molar-refractivity contribution in [1.82, 2.24) is 0 Å². The molecule has 1 atom stereocenters. The Morgan fingerprint density at radius 3 is 1.06 bits per heavy atom. The van der Waals surface area contributed by atoms with Gasteiger partial charge >= 0.3 is 11.9 Å². The van der Waals surface area contributed by atoms with Gasteiger partial charge in [0.25, 0.3) is 0 Å². The van der Waals surface area contributed by atoms with Gasteiger partial charge in [-0.3, -0.25) is 9.59 Å². The fourth-order valence-electron chi connectivity index (χ4n) is 6.29. The molecule has 0 saturated carbocycles. The number of carbonyl (C=O) groups is 2. The number of rotatable bonds is 45. The third-order valence-corrected chi connectivity index (χ3v) is 10.0. The van der Waals surface area contributed by atoms with Crippen LogP contribution in [-0.4, -0.2) is 37.9 Å². The number of hydrogen-bond acceptors (Lipinski definition) is 5. The summed E-state index contributed by atoms with van der Waals surface area (Å²) in [5.74, 6) is -0.539. The highest BCUT2D eigenvalue weighted by molar-refractivity contribution is 5.70. The van der Waals surface area contributed by atoms with Crippen molar-refractivity contribution < 1.29 is 23.8 Å². The summed E-state index contributed by atoms with van der Waals surface area (Å²) in [5, 5.41) is 0. The highest BCUT2D eigenvalue weighted by atomic mass is 16.6. The van der Waals surface area contributed by atoms with Gasteiger partial charge in [-0.1, -0.05) is 198 Å². The Hall–Kier alpha value is -4.48. The van der Waals surface area contributed by atoms with E-state index >= 15 is 0 Å². The van der Waals surface area contributed by atoms with Crippen molar-refractivity contribution in [2.45, 2.75) is 194 Å². The number of esters is 2. The van der Waals surface area contributed by atoms with Crippen LogP contribution in [0.1, 0.15) is 188 Å². The molecule has 1 unspecified atom stereocenters. The molecular weight excluding hydrogens is 813 g/mol. The van der Waals surface area contributed by atoms with E-state index in [-0.39, 0.29) is 25.2 Å². The van der Waals surface area contributed by atoms with Gasteiger partial charge < -0.3 is 14.2 Å². The second kappa shape index (κ2) is 54.9. The molecule has 0 spiro atoms. The second-order valence-corrected chi connectivity index (χ2v) is 16.3. The van der Waals surface area contributed by atoms with Crippen molar-refractivity contribution in [1.29, 1.82) is 0 Å². The van der Waals surface area contributed by atoms with Gasteiger partial charge in [-0.25, -0.2) is 0 Å². The van der Waals surface area contributed by atoms with Gasteiger partial charge in [-0.2, -0.15) is 0 Å². The molecule has 0 N–H and O–H groups in total. The maximum Gasteiger partial charge on any atom is 0.306 e. The van der Waals surface area contributed by atoms with Gasteiger partial charge in [0, 0.05) is 19.4 Å². The Morgan fingerprint density at radius 1 is 0.333 bits per heavy atom. The van der Waals surface area contributed by atoms with Crippen molar-refractivity contribution in [3.05, 3.63) is 158 Å². The molecule has 0 rings (SSSR count). The van der Waals surface area contributed by atoms with Crippen LogP contribution in [0.25, 0.3) is 0 Å². The van der Waals surface area contributed by atoms with Gasteiger partial charge in [-0.05, 0) is 135 Å². The average molecular weight is 907 g/mol. The monoisotopic (exact) mass is 907 g/mol. The van der Waals surface area contributed by atoms with Crippen molar-refractivity contribution in [3.8, 4) is 0 Å². The first kappa shape index (κ1) is 61.5. The highest BCUT2D eigenvalue weighted by Gasteiger charge is 2.17. The van der Waals surface area contributed by atoms with Crippen molar-refractivity contribution in [2.24, 2.45) is 0 Å². The third-order valence-electron chi connectivity index (χ3n) is 10.0. The summed E-state index contributed by atoms with van der Waals surface area (Å²) >= 11 is 0. The molecule has 368 valence electrons. The molecule has 0 bridgehead atoms. The van der Waals surface area contributed by atoms with E-state index in [0.29, 0.717) is 25.9 Å². The summed E-state index contributed by atoms with van der Waals surface area (Å²) in [6.45, 7) is 7.31. The Labute approximate surface area is 405 Å². The van der Waals surface area contributed by atoms with Gasteiger partial charge in [-0.15, -0.1) is 0 Å². The zero-order valence-corrected chi connectivity index (χ0v) is 42.1. The number of ether oxygens (including phenoxy) is 3. The molecule has 5 nitrogen and oxygen atoms in total. The van der Waals surface area contributed by atoms with E-state index in [9.17, 15) is 9.59 Å². The summed E-state index contributed by atoms with van der Waals surface area (Å²) < 4.78 is 17.3. The number of unbranched alkanes of at least 4 members (excludes halogenated alkanes) is 8. The standard InChI is InChI=1S/C61H94O5/c1-4-7-10-13-16-19-22-25-28-30-32-35-38-41-44-47-50-53-56-64-57-59(66-61(63)55-52-49-46-43-40-37-33-27-24-21-18-15-12-9-6-3)58-65-60(62)54-51-48-45-42-39-36-34-31-29-26-23-20-17-14-11-8-5-2/h7-12,16-21,25-29,32-36,40,42-43,45,59H,4-6,13-15,22-24,30-31,37-39,41,44,46-58H2,1-3H3/b10-7-,11-8-,12-9-,19-16-,20-17-,21-18-,28-25-,29-26-,33-27-,35-32-,36-34-,43-40-,45-42-. The molecule has 0 radical (unpaired) electrons. The molecule has 0 heterocycles. The van der Waals surface area contributed by atoms with E-state index in [1.54, 1.807) is 0 Å². The molecule has 5 heteroatoms. The molecule has 0 aliphatic rings. The lowest BCUT2D eigenvalue weighted by atomic mass is 10.1. The van der Waals surface area contributed by atoms with Crippen LogP contribution in [0.2, 0.25) is 0 Å².